The van der Waals surface area contributed by atoms with Crippen LogP contribution in [0.4, 0.5) is 0 Å². The number of rotatable bonds is 5. The van der Waals surface area contributed by atoms with E-state index in [1.165, 1.54) is 14.1 Å². The van der Waals surface area contributed by atoms with Gasteiger partial charge in [-0.25, -0.2) is 14.3 Å². The number of fused-ring (bicyclic) bond motifs is 1. The van der Waals surface area contributed by atoms with Gasteiger partial charge in [0.15, 0.2) is 0 Å². The molecular formula is C21H28N9O2S-. The summed E-state index contributed by atoms with van der Waals surface area (Å²) in [6.45, 7) is 4.27. The lowest BCUT2D eigenvalue weighted by molar-refractivity contribution is -0.00108. The van der Waals surface area contributed by atoms with Gasteiger partial charge in [-0.3, -0.25) is 13.8 Å². The molecule has 0 amide bonds. The van der Waals surface area contributed by atoms with Crippen LogP contribution in [-0.2, 0) is 16.8 Å². The first kappa shape index (κ1) is 23.5. The van der Waals surface area contributed by atoms with Gasteiger partial charge in [-0.05, 0) is 33.0 Å². The van der Waals surface area contributed by atoms with Gasteiger partial charge >= 0.3 is 0 Å². The Morgan fingerprint density at radius 3 is 2.73 bits per heavy atom. The van der Waals surface area contributed by atoms with Crippen molar-refractivity contribution in [1.29, 1.82) is 5.26 Å². The number of nitriles is 1. The van der Waals surface area contributed by atoms with Crippen LogP contribution in [0, 0.1) is 11.3 Å². The van der Waals surface area contributed by atoms with E-state index >= 15 is 0 Å². The maximum Gasteiger partial charge on any atom is 0.141 e. The van der Waals surface area contributed by atoms with Crippen molar-refractivity contribution >= 4 is 22.3 Å². The fourth-order valence-corrected chi connectivity index (χ4v) is 4.49. The molecule has 3 aromatic heterocycles. The Kier molecular flexibility index (Phi) is 7.16. The average Bonchev–Trinajstić information content (AvgIpc) is 3.47. The van der Waals surface area contributed by atoms with E-state index in [0.717, 1.165) is 65.6 Å². The largest absolute Gasteiger partial charge is 0.760 e. The van der Waals surface area contributed by atoms with Crippen LogP contribution in [0.25, 0.3) is 22.3 Å². The van der Waals surface area contributed by atoms with Gasteiger partial charge in [0, 0.05) is 66.8 Å². The molecule has 1 atom stereocenters. The van der Waals surface area contributed by atoms with E-state index in [1.807, 2.05) is 29.3 Å². The highest BCUT2D eigenvalue weighted by Crippen LogP contribution is 2.45. The molecule has 33 heavy (non-hydrogen) atoms. The summed E-state index contributed by atoms with van der Waals surface area (Å²) in [6.07, 6.45) is 9.77. The van der Waals surface area contributed by atoms with Gasteiger partial charge in [0.25, 0.3) is 0 Å². The van der Waals surface area contributed by atoms with E-state index in [1.54, 1.807) is 6.33 Å². The first-order valence-corrected chi connectivity index (χ1v) is 11.9. The van der Waals surface area contributed by atoms with Crippen molar-refractivity contribution in [3.05, 3.63) is 31.0 Å². The molecule has 2 N–H and O–H groups in total. The summed E-state index contributed by atoms with van der Waals surface area (Å²) in [7, 11) is 2.92. The maximum atomic E-state index is 9.62. The number of hydrogen-bond acceptors (Lipinski definition) is 8. The molecule has 1 saturated carbocycles. The van der Waals surface area contributed by atoms with Crippen molar-refractivity contribution < 1.29 is 8.76 Å². The molecule has 176 valence electrons. The third kappa shape index (κ3) is 4.97. The highest BCUT2D eigenvalue weighted by Gasteiger charge is 2.48. The van der Waals surface area contributed by atoms with E-state index in [0.29, 0.717) is 12.5 Å². The van der Waals surface area contributed by atoms with Crippen LogP contribution >= 0.6 is 0 Å². The third-order valence-corrected chi connectivity index (χ3v) is 6.90. The molecule has 0 aromatic carbocycles. The summed E-state index contributed by atoms with van der Waals surface area (Å²) in [4.78, 5) is 14.4. The van der Waals surface area contributed by atoms with Crippen LogP contribution in [-0.4, -0.2) is 89.0 Å². The zero-order valence-electron chi connectivity index (χ0n) is 18.8. The minimum atomic E-state index is -2.03. The lowest BCUT2D eigenvalue weighted by Gasteiger charge is -2.51. The number of nitrogens with one attached hydrogen (secondary N) is 2. The fraction of sp³-hybridized carbons (Fsp3) is 0.524. The number of nitrogens with zero attached hydrogens (tertiary/aromatic N) is 7. The second-order valence-electron chi connectivity index (χ2n) is 8.57. The molecule has 1 saturated heterocycles. The van der Waals surface area contributed by atoms with Gasteiger partial charge in [0.1, 0.15) is 12.0 Å². The molecule has 0 spiro atoms. The van der Waals surface area contributed by atoms with Crippen LogP contribution in [0.1, 0.15) is 19.3 Å². The maximum absolute atomic E-state index is 9.62. The van der Waals surface area contributed by atoms with Crippen molar-refractivity contribution in [2.75, 3.05) is 40.3 Å². The second kappa shape index (κ2) is 10.1. The quantitative estimate of drug-likeness (QED) is 0.523. The molecule has 12 heteroatoms. The van der Waals surface area contributed by atoms with Crippen LogP contribution in [0.15, 0.2) is 31.0 Å². The van der Waals surface area contributed by atoms with Crippen LogP contribution in [0.2, 0.25) is 0 Å². The molecule has 3 aromatic rings. The van der Waals surface area contributed by atoms with E-state index in [4.69, 9.17) is 0 Å². The Morgan fingerprint density at radius 1 is 1.33 bits per heavy atom. The second-order valence-corrected chi connectivity index (χ2v) is 9.74. The Morgan fingerprint density at radius 2 is 2.06 bits per heavy atom. The Hall–Kier alpha value is -2.69. The summed E-state index contributed by atoms with van der Waals surface area (Å²) in [6, 6.07) is 4.91. The minimum Gasteiger partial charge on any atom is -0.760 e. The number of aromatic nitrogens is 5. The predicted octanol–water partition coefficient (Wildman–Crippen LogP) is 0.840. The van der Waals surface area contributed by atoms with Gasteiger partial charge in [0.2, 0.25) is 0 Å². The molecule has 0 radical (unpaired) electrons. The van der Waals surface area contributed by atoms with Crippen LogP contribution in [0.3, 0.4) is 0 Å². The summed E-state index contributed by atoms with van der Waals surface area (Å²) >= 11 is -2.03. The topological polar surface area (TPSA) is 142 Å². The normalized spacial score (nSPS) is 24.0. The minimum absolute atomic E-state index is 0.202. The lowest BCUT2D eigenvalue weighted by atomic mass is 9.70. The molecule has 5 rings (SSSR count). The Bertz CT molecular complexity index is 1140. The monoisotopic (exact) mass is 470 g/mol. The van der Waals surface area contributed by atoms with Crippen molar-refractivity contribution in [2.24, 2.45) is 0 Å². The highest BCUT2D eigenvalue weighted by atomic mass is 32.2. The molecule has 0 bridgehead atoms. The number of hydrogen-bond donors (Lipinski definition) is 2. The zero-order valence-corrected chi connectivity index (χ0v) is 19.6. The first-order chi connectivity index (χ1) is 15.9. The van der Waals surface area contributed by atoms with E-state index < -0.39 is 11.3 Å². The van der Waals surface area contributed by atoms with Crippen LogP contribution < -0.4 is 5.32 Å². The van der Waals surface area contributed by atoms with Crippen molar-refractivity contribution in [3.63, 3.8) is 0 Å². The van der Waals surface area contributed by atoms with Gasteiger partial charge in [-0.15, -0.1) is 0 Å². The molecule has 1 aliphatic carbocycles. The van der Waals surface area contributed by atoms with Crippen molar-refractivity contribution in [2.45, 2.75) is 30.8 Å². The summed E-state index contributed by atoms with van der Waals surface area (Å²) < 4.78 is 22.3. The van der Waals surface area contributed by atoms with Crippen LogP contribution in [0.5, 0.6) is 0 Å². The Labute approximate surface area is 195 Å². The van der Waals surface area contributed by atoms with Gasteiger partial charge < -0.3 is 14.9 Å². The Balaban J connectivity index is 0.000000385. The summed E-state index contributed by atoms with van der Waals surface area (Å²) in [5, 5.41) is 18.5. The molecule has 1 unspecified atom stereocenters. The number of piperazine rings is 1. The first-order valence-electron chi connectivity index (χ1n) is 10.9. The zero-order chi connectivity index (χ0) is 23.4. The highest BCUT2D eigenvalue weighted by molar-refractivity contribution is 7.76. The summed E-state index contributed by atoms with van der Waals surface area (Å²) in [5.41, 5.74) is 2.46. The molecule has 2 fully saturated rings. The van der Waals surface area contributed by atoms with Crippen molar-refractivity contribution in [1.82, 2.24) is 39.3 Å². The average molecular weight is 471 g/mol. The molecule has 4 heterocycles. The van der Waals surface area contributed by atoms with E-state index in [9.17, 15) is 14.0 Å². The number of aromatic amines is 1. The molecule has 2 aliphatic rings. The number of H-pyrrole nitrogens is 1. The summed E-state index contributed by atoms with van der Waals surface area (Å²) in [5.74, 6) is 0. The molecule has 1 aliphatic heterocycles. The smallest absolute Gasteiger partial charge is 0.141 e. The van der Waals surface area contributed by atoms with E-state index in [2.05, 4.69) is 36.3 Å². The lowest BCUT2D eigenvalue weighted by Crippen LogP contribution is -2.59. The molecule has 11 nitrogen and oxygen atoms in total. The standard InChI is InChI=1S/C19H22N8.C2H7NO2S/c20-3-2-19(9-15(10-19)26-7-5-21-6-8-26)27-12-14(11-25-27)17-16-1-4-22-18(16)24-13-23-17;1-3(2)6(4)5/h1,4,11-13,15,21H,2,5-10H2,(H,22,23,24);1-2H3,(H,4,5)/p-1. The predicted molar refractivity (Wildman–Crippen MR) is 123 cm³/mol. The van der Waals surface area contributed by atoms with Gasteiger partial charge in [0.05, 0.1) is 29.9 Å². The molecular weight excluding hydrogens is 442 g/mol. The fourth-order valence-electron chi connectivity index (χ4n) is 4.49. The SMILES string of the molecule is CN(C)S(=O)[O-].N#CCC1(n2cc(-c3ncnc4[nH]ccc34)cn2)CC(N2CCNCC2)C1. The van der Waals surface area contributed by atoms with E-state index in [-0.39, 0.29) is 5.54 Å². The van der Waals surface area contributed by atoms with Gasteiger partial charge in [-0.1, -0.05) is 0 Å². The van der Waals surface area contributed by atoms with Gasteiger partial charge in [-0.2, -0.15) is 10.4 Å². The van der Waals surface area contributed by atoms with Crippen molar-refractivity contribution in [3.8, 4) is 17.3 Å². The third-order valence-electron chi connectivity index (χ3n) is 6.30.